The number of amides is 1. The van der Waals surface area contributed by atoms with Crippen LogP contribution in [0.25, 0.3) is 21.9 Å². The van der Waals surface area contributed by atoms with Gasteiger partial charge >= 0.3 is 0 Å². The third-order valence-corrected chi connectivity index (χ3v) is 7.62. The molecule has 2 N–H and O–H groups in total. The van der Waals surface area contributed by atoms with Crippen LogP contribution in [0.5, 0.6) is 5.75 Å². The molecule has 7 nitrogen and oxygen atoms in total. The molecule has 0 saturated carbocycles. The van der Waals surface area contributed by atoms with Crippen molar-refractivity contribution in [2.45, 2.75) is 45.1 Å². The van der Waals surface area contributed by atoms with Crippen molar-refractivity contribution in [2.24, 2.45) is 5.92 Å². The number of fused-ring (bicyclic) bond motifs is 3. The van der Waals surface area contributed by atoms with E-state index in [9.17, 15) is 9.59 Å². The standard InChI is InChI=1S/C28H32N4O3S/c1-35-21-10-11-23-22(18-21)25-26(29-23)27(34)32(28(36)30-25)14-6-5-9-24(33)31-15-12-20(13-16-31)17-19-7-3-2-4-8-19/h2-4,7-8,10-11,18,20,29H,5-6,9,12-17H2,1H3,(H,30,36). The maximum Gasteiger partial charge on any atom is 0.278 e. The maximum absolute atomic E-state index is 13.1. The smallest absolute Gasteiger partial charge is 0.278 e. The van der Waals surface area contributed by atoms with Gasteiger partial charge in [-0.05, 0) is 74.0 Å². The van der Waals surface area contributed by atoms with E-state index in [1.165, 1.54) is 5.56 Å². The molecule has 1 saturated heterocycles. The van der Waals surface area contributed by atoms with E-state index in [4.69, 9.17) is 17.0 Å². The number of likely N-dealkylation sites (tertiary alicyclic amines) is 1. The summed E-state index contributed by atoms with van der Waals surface area (Å²) in [5.41, 5.74) is 3.28. The number of carbonyl (C=O) groups is 1. The van der Waals surface area contributed by atoms with Crippen LogP contribution in [0.15, 0.2) is 53.3 Å². The number of ether oxygens (including phenoxy) is 1. The Labute approximate surface area is 215 Å². The zero-order chi connectivity index (χ0) is 25.1. The second-order valence-corrected chi connectivity index (χ2v) is 10.0. The summed E-state index contributed by atoms with van der Waals surface area (Å²) in [6, 6.07) is 16.2. The summed E-state index contributed by atoms with van der Waals surface area (Å²) in [6.07, 6.45) is 5.15. The summed E-state index contributed by atoms with van der Waals surface area (Å²) in [6.45, 7) is 2.15. The monoisotopic (exact) mass is 504 g/mol. The van der Waals surface area contributed by atoms with Crippen molar-refractivity contribution < 1.29 is 9.53 Å². The minimum atomic E-state index is -0.143. The van der Waals surface area contributed by atoms with Gasteiger partial charge in [-0.3, -0.25) is 14.2 Å². The second-order valence-electron chi connectivity index (χ2n) is 9.64. The first-order valence-corrected chi connectivity index (χ1v) is 13.1. The van der Waals surface area contributed by atoms with Crippen molar-refractivity contribution in [2.75, 3.05) is 20.2 Å². The topological polar surface area (TPSA) is 83.1 Å². The van der Waals surface area contributed by atoms with Crippen LogP contribution in [-0.2, 0) is 17.8 Å². The Morgan fingerprint density at radius 2 is 1.83 bits per heavy atom. The number of carbonyl (C=O) groups excluding carboxylic acids is 1. The van der Waals surface area contributed by atoms with Crippen molar-refractivity contribution in [3.05, 3.63) is 69.2 Å². The Morgan fingerprint density at radius 1 is 1.06 bits per heavy atom. The fourth-order valence-electron chi connectivity index (χ4n) is 5.23. The molecule has 8 heteroatoms. The van der Waals surface area contributed by atoms with E-state index in [2.05, 4.69) is 34.2 Å². The van der Waals surface area contributed by atoms with E-state index >= 15 is 0 Å². The van der Waals surface area contributed by atoms with E-state index in [1.54, 1.807) is 11.7 Å². The quantitative estimate of drug-likeness (QED) is 0.255. The van der Waals surface area contributed by atoms with Crippen LogP contribution in [0.3, 0.4) is 0 Å². The minimum absolute atomic E-state index is 0.143. The lowest BCUT2D eigenvalue weighted by atomic mass is 9.90. The number of piperidine rings is 1. The highest BCUT2D eigenvalue weighted by molar-refractivity contribution is 7.71. The second kappa shape index (κ2) is 10.7. The molecule has 4 aromatic rings. The van der Waals surface area contributed by atoms with Crippen molar-refractivity contribution in [3.8, 4) is 5.75 Å². The molecule has 1 amide bonds. The lowest BCUT2D eigenvalue weighted by Crippen LogP contribution is -2.38. The van der Waals surface area contributed by atoms with E-state index in [0.29, 0.717) is 41.1 Å². The summed E-state index contributed by atoms with van der Waals surface area (Å²) in [5, 5.41) is 0.873. The summed E-state index contributed by atoms with van der Waals surface area (Å²) in [4.78, 5) is 34.3. The van der Waals surface area contributed by atoms with Crippen molar-refractivity contribution in [1.82, 2.24) is 19.4 Å². The molecule has 36 heavy (non-hydrogen) atoms. The first-order chi connectivity index (χ1) is 17.5. The third kappa shape index (κ3) is 5.09. The molecule has 0 radical (unpaired) electrons. The van der Waals surface area contributed by atoms with Gasteiger partial charge in [0.15, 0.2) is 4.77 Å². The number of H-pyrrole nitrogens is 2. The van der Waals surface area contributed by atoms with Crippen LogP contribution in [-0.4, -0.2) is 45.5 Å². The Morgan fingerprint density at radius 3 is 2.58 bits per heavy atom. The molecule has 0 aliphatic carbocycles. The van der Waals surface area contributed by atoms with E-state index < -0.39 is 0 Å². The third-order valence-electron chi connectivity index (χ3n) is 7.30. The Balaban J connectivity index is 1.15. The van der Waals surface area contributed by atoms with Gasteiger partial charge in [-0.15, -0.1) is 0 Å². The summed E-state index contributed by atoms with van der Waals surface area (Å²) in [5.74, 6) is 1.58. The molecule has 0 unspecified atom stereocenters. The predicted octanol–water partition coefficient (Wildman–Crippen LogP) is 5.20. The molecule has 1 aliphatic heterocycles. The largest absolute Gasteiger partial charge is 0.497 e. The highest BCUT2D eigenvalue weighted by Gasteiger charge is 2.22. The lowest BCUT2D eigenvalue weighted by molar-refractivity contribution is -0.132. The van der Waals surface area contributed by atoms with Crippen molar-refractivity contribution in [3.63, 3.8) is 0 Å². The van der Waals surface area contributed by atoms with Gasteiger partial charge in [0.2, 0.25) is 5.91 Å². The van der Waals surface area contributed by atoms with Crippen LogP contribution >= 0.6 is 12.2 Å². The van der Waals surface area contributed by atoms with Gasteiger partial charge in [-0.1, -0.05) is 30.3 Å². The van der Waals surface area contributed by atoms with E-state index in [1.807, 2.05) is 29.2 Å². The van der Waals surface area contributed by atoms with Gasteiger partial charge in [-0.25, -0.2) is 0 Å². The minimum Gasteiger partial charge on any atom is -0.497 e. The molecule has 1 fully saturated rings. The average Bonchev–Trinajstić information content (AvgIpc) is 3.27. The van der Waals surface area contributed by atoms with Gasteiger partial charge in [0, 0.05) is 37.0 Å². The number of nitrogens with zero attached hydrogens (tertiary/aromatic N) is 2. The molecule has 1 aliphatic rings. The number of aromatic amines is 2. The van der Waals surface area contributed by atoms with Crippen LogP contribution in [0, 0.1) is 10.7 Å². The molecule has 3 heterocycles. The Kier molecular flexibility index (Phi) is 7.23. The molecular weight excluding hydrogens is 472 g/mol. The first-order valence-electron chi connectivity index (χ1n) is 12.7. The Hall–Kier alpha value is -3.39. The number of hydrogen-bond acceptors (Lipinski definition) is 4. The highest BCUT2D eigenvalue weighted by atomic mass is 32.1. The molecule has 2 aromatic heterocycles. The van der Waals surface area contributed by atoms with Gasteiger partial charge in [0.25, 0.3) is 5.56 Å². The van der Waals surface area contributed by atoms with Crippen LogP contribution in [0.4, 0.5) is 0 Å². The molecular formula is C28H32N4O3S. The van der Waals surface area contributed by atoms with Gasteiger partial charge in [-0.2, -0.15) is 0 Å². The van der Waals surface area contributed by atoms with Crippen molar-refractivity contribution >= 4 is 40.1 Å². The average molecular weight is 505 g/mol. The van der Waals surface area contributed by atoms with E-state index in [-0.39, 0.29) is 11.5 Å². The van der Waals surface area contributed by atoms with Gasteiger partial charge < -0.3 is 19.6 Å². The van der Waals surface area contributed by atoms with Crippen LogP contribution < -0.4 is 10.3 Å². The highest BCUT2D eigenvalue weighted by Crippen LogP contribution is 2.26. The van der Waals surface area contributed by atoms with E-state index in [0.717, 1.165) is 55.4 Å². The first kappa shape index (κ1) is 24.3. The number of methoxy groups -OCH3 is 1. The molecule has 2 aromatic carbocycles. The maximum atomic E-state index is 13.1. The number of unbranched alkanes of at least 4 members (excludes halogenated alkanes) is 1. The van der Waals surface area contributed by atoms with Crippen LogP contribution in [0.1, 0.15) is 37.7 Å². The molecule has 5 rings (SSSR count). The van der Waals surface area contributed by atoms with Crippen molar-refractivity contribution in [1.29, 1.82) is 0 Å². The molecule has 0 bridgehead atoms. The van der Waals surface area contributed by atoms with Gasteiger partial charge in [0.1, 0.15) is 11.3 Å². The normalized spacial score (nSPS) is 14.5. The SMILES string of the molecule is COc1ccc2[nH]c3c(=O)n(CCCCC(=O)N4CCC(Cc5ccccc5)CC4)c(=S)[nH]c3c2c1. The summed E-state index contributed by atoms with van der Waals surface area (Å²) < 4.78 is 7.29. The number of rotatable bonds is 8. The van der Waals surface area contributed by atoms with Gasteiger partial charge in [0.05, 0.1) is 12.6 Å². The summed E-state index contributed by atoms with van der Waals surface area (Å²) in [7, 11) is 1.62. The number of hydrogen-bond donors (Lipinski definition) is 2. The predicted molar refractivity (Wildman–Crippen MR) is 145 cm³/mol. The fourth-order valence-corrected chi connectivity index (χ4v) is 5.51. The molecule has 0 atom stereocenters. The van der Waals surface area contributed by atoms with Crippen LogP contribution in [0.2, 0.25) is 0 Å². The fraction of sp³-hybridized carbons (Fsp3) is 0.393. The molecule has 188 valence electrons. The zero-order valence-corrected chi connectivity index (χ0v) is 21.4. The number of nitrogens with one attached hydrogen (secondary N) is 2. The molecule has 0 spiro atoms. The summed E-state index contributed by atoms with van der Waals surface area (Å²) >= 11 is 5.51. The number of aromatic nitrogens is 3. The lowest BCUT2D eigenvalue weighted by Gasteiger charge is -2.32. The number of benzene rings is 2. The zero-order valence-electron chi connectivity index (χ0n) is 20.6. The Bertz CT molecular complexity index is 1480.